The summed E-state index contributed by atoms with van der Waals surface area (Å²) in [7, 11) is 0. The summed E-state index contributed by atoms with van der Waals surface area (Å²) in [6.45, 7) is 1.03. The molecule has 0 aliphatic carbocycles. The van der Waals surface area contributed by atoms with Crippen LogP contribution in [0.1, 0.15) is 44.9 Å². The molecule has 2 heteroatoms. The lowest BCUT2D eigenvalue weighted by Crippen LogP contribution is -2.36. The number of rotatable bonds is 0. The maximum absolute atomic E-state index is 11.6. The quantitative estimate of drug-likeness (QED) is 0.540. The Kier molecular flexibility index (Phi) is 2.33. The van der Waals surface area contributed by atoms with E-state index >= 15 is 0 Å². The highest BCUT2D eigenvalue weighted by atomic mass is 16.2. The van der Waals surface area contributed by atoms with Crippen LogP contribution in [0, 0.1) is 0 Å². The van der Waals surface area contributed by atoms with Gasteiger partial charge in [0.2, 0.25) is 5.91 Å². The molecule has 2 aliphatic heterocycles. The first kappa shape index (κ1) is 8.09. The average Bonchev–Trinajstić information content (AvgIpc) is 2.47. The smallest absolute Gasteiger partial charge is 0.222 e. The Morgan fingerprint density at radius 2 is 1.92 bits per heavy atom. The minimum absolute atomic E-state index is 0.414. The van der Waals surface area contributed by atoms with Gasteiger partial charge in [0.05, 0.1) is 0 Å². The molecular formula is C10H17NO. The van der Waals surface area contributed by atoms with E-state index in [0.717, 1.165) is 19.4 Å². The number of fused-ring (bicyclic) bond motifs is 1. The SMILES string of the molecule is O=C1CCCCC[C@@H]2CCCN12. The molecule has 2 rings (SSSR count). The maximum atomic E-state index is 11.6. The molecule has 12 heavy (non-hydrogen) atoms. The van der Waals surface area contributed by atoms with Crippen molar-refractivity contribution in [3.63, 3.8) is 0 Å². The molecule has 2 saturated heterocycles. The third kappa shape index (κ3) is 1.47. The number of amides is 1. The van der Waals surface area contributed by atoms with Crippen LogP contribution in [0.5, 0.6) is 0 Å². The monoisotopic (exact) mass is 167 g/mol. The lowest BCUT2D eigenvalue weighted by molar-refractivity contribution is -0.132. The van der Waals surface area contributed by atoms with Gasteiger partial charge in [0.25, 0.3) is 0 Å². The summed E-state index contributed by atoms with van der Waals surface area (Å²) in [5, 5.41) is 0. The Hall–Kier alpha value is -0.530. The number of hydrogen-bond donors (Lipinski definition) is 0. The van der Waals surface area contributed by atoms with E-state index in [0.29, 0.717) is 11.9 Å². The van der Waals surface area contributed by atoms with Crippen molar-refractivity contribution in [2.45, 2.75) is 51.0 Å². The molecule has 2 heterocycles. The lowest BCUT2D eigenvalue weighted by atomic mass is 10.0. The van der Waals surface area contributed by atoms with Crippen LogP contribution in [0.15, 0.2) is 0 Å². The van der Waals surface area contributed by atoms with Crippen LogP contribution in [0.4, 0.5) is 0 Å². The zero-order valence-corrected chi connectivity index (χ0v) is 7.59. The van der Waals surface area contributed by atoms with E-state index < -0.39 is 0 Å². The Morgan fingerprint density at radius 3 is 2.83 bits per heavy atom. The van der Waals surface area contributed by atoms with Crippen LogP contribution in [-0.4, -0.2) is 23.4 Å². The predicted octanol–water partition coefficient (Wildman–Crippen LogP) is 1.94. The molecule has 0 N–H and O–H groups in total. The standard InChI is InChI=1S/C10H17NO/c12-10-7-3-1-2-5-9-6-4-8-11(9)10/h9H,1-8H2/t9-/m1/s1. The molecule has 0 bridgehead atoms. The van der Waals surface area contributed by atoms with Gasteiger partial charge >= 0.3 is 0 Å². The highest BCUT2D eigenvalue weighted by Crippen LogP contribution is 2.25. The molecule has 1 amide bonds. The Labute approximate surface area is 73.9 Å². The third-order valence-corrected chi connectivity index (χ3v) is 3.13. The molecule has 0 aromatic carbocycles. The van der Waals surface area contributed by atoms with Crippen molar-refractivity contribution in [3.8, 4) is 0 Å². The van der Waals surface area contributed by atoms with E-state index in [9.17, 15) is 4.79 Å². The molecule has 2 nitrogen and oxygen atoms in total. The van der Waals surface area contributed by atoms with Crippen molar-refractivity contribution in [2.75, 3.05) is 6.54 Å². The van der Waals surface area contributed by atoms with Crippen LogP contribution in [0.2, 0.25) is 0 Å². The highest BCUT2D eigenvalue weighted by molar-refractivity contribution is 5.76. The molecule has 68 valence electrons. The summed E-state index contributed by atoms with van der Waals surface area (Å²) >= 11 is 0. The van der Waals surface area contributed by atoms with Gasteiger partial charge in [0, 0.05) is 19.0 Å². The summed E-state index contributed by atoms with van der Waals surface area (Å²) in [6.07, 6.45) is 8.25. The number of carbonyl (C=O) groups is 1. The van der Waals surface area contributed by atoms with Crippen molar-refractivity contribution in [2.24, 2.45) is 0 Å². The largest absolute Gasteiger partial charge is 0.340 e. The predicted molar refractivity (Wildman–Crippen MR) is 47.8 cm³/mol. The second-order valence-electron chi connectivity index (χ2n) is 3.98. The summed E-state index contributed by atoms with van der Waals surface area (Å²) < 4.78 is 0. The van der Waals surface area contributed by atoms with Crippen molar-refractivity contribution in [1.29, 1.82) is 0 Å². The summed E-state index contributed by atoms with van der Waals surface area (Å²) in [5.41, 5.74) is 0. The summed E-state index contributed by atoms with van der Waals surface area (Å²) in [6, 6.07) is 0.609. The fourth-order valence-electron chi connectivity index (χ4n) is 2.44. The average molecular weight is 167 g/mol. The van der Waals surface area contributed by atoms with Gasteiger partial charge in [-0.2, -0.15) is 0 Å². The summed E-state index contributed by atoms with van der Waals surface area (Å²) in [5.74, 6) is 0.414. The minimum Gasteiger partial charge on any atom is -0.340 e. The van der Waals surface area contributed by atoms with Crippen molar-refractivity contribution in [1.82, 2.24) is 4.90 Å². The van der Waals surface area contributed by atoms with Gasteiger partial charge in [-0.3, -0.25) is 4.79 Å². The molecule has 0 spiro atoms. The van der Waals surface area contributed by atoms with Crippen LogP contribution >= 0.6 is 0 Å². The zero-order valence-electron chi connectivity index (χ0n) is 7.59. The molecule has 2 aliphatic rings. The van der Waals surface area contributed by atoms with Crippen molar-refractivity contribution in [3.05, 3.63) is 0 Å². The van der Waals surface area contributed by atoms with Gasteiger partial charge in [-0.15, -0.1) is 0 Å². The van der Waals surface area contributed by atoms with E-state index in [2.05, 4.69) is 4.90 Å². The number of hydrogen-bond acceptors (Lipinski definition) is 1. The van der Waals surface area contributed by atoms with Crippen molar-refractivity contribution < 1.29 is 4.79 Å². The van der Waals surface area contributed by atoms with Gasteiger partial charge in [0.15, 0.2) is 0 Å². The second kappa shape index (κ2) is 3.46. The molecule has 2 fully saturated rings. The minimum atomic E-state index is 0.414. The van der Waals surface area contributed by atoms with Gasteiger partial charge < -0.3 is 4.90 Å². The van der Waals surface area contributed by atoms with E-state index in [4.69, 9.17) is 0 Å². The number of nitrogens with zero attached hydrogens (tertiary/aromatic N) is 1. The van der Waals surface area contributed by atoms with Gasteiger partial charge in [-0.25, -0.2) is 0 Å². The van der Waals surface area contributed by atoms with Crippen molar-refractivity contribution >= 4 is 5.91 Å². The molecule has 0 aromatic heterocycles. The Bertz CT molecular complexity index is 179. The zero-order chi connectivity index (χ0) is 8.39. The molecule has 0 radical (unpaired) electrons. The van der Waals surface area contributed by atoms with E-state index in [-0.39, 0.29) is 0 Å². The first-order valence-corrected chi connectivity index (χ1v) is 5.17. The fourth-order valence-corrected chi connectivity index (χ4v) is 2.44. The van der Waals surface area contributed by atoms with Gasteiger partial charge in [-0.1, -0.05) is 12.8 Å². The second-order valence-corrected chi connectivity index (χ2v) is 3.98. The lowest BCUT2D eigenvalue weighted by Gasteiger charge is -2.26. The topological polar surface area (TPSA) is 20.3 Å². The molecule has 0 aromatic rings. The first-order chi connectivity index (χ1) is 5.88. The van der Waals surface area contributed by atoms with Gasteiger partial charge in [0.1, 0.15) is 0 Å². The van der Waals surface area contributed by atoms with E-state index in [1.54, 1.807) is 0 Å². The third-order valence-electron chi connectivity index (χ3n) is 3.13. The summed E-state index contributed by atoms with van der Waals surface area (Å²) in [4.78, 5) is 13.7. The molecule has 0 saturated carbocycles. The van der Waals surface area contributed by atoms with E-state index in [1.165, 1.54) is 32.1 Å². The Morgan fingerprint density at radius 1 is 1.08 bits per heavy atom. The van der Waals surface area contributed by atoms with Crippen LogP contribution < -0.4 is 0 Å². The molecule has 0 unspecified atom stereocenters. The normalized spacial score (nSPS) is 31.2. The fraction of sp³-hybridized carbons (Fsp3) is 0.900. The van der Waals surface area contributed by atoms with Crippen LogP contribution in [0.3, 0.4) is 0 Å². The Balaban J connectivity index is 2.03. The molecule has 1 atom stereocenters. The van der Waals surface area contributed by atoms with Crippen LogP contribution in [-0.2, 0) is 4.79 Å². The van der Waals surface area contributed by atoms with E-state index in [1.807, 2.05) is 0 Å². The molecular weight excluding hydrogens is 150 g/mol. The number of carbonyl (C=O) groups excluding carboxylic acids is 1. The maximum Gasteiger partial charge on any atom is 0.222 e. The first-order valence-electron chi connectivity index (χ1n) is 5.17. The van der Waals surface area contributed by atoms with Crippen LogP contribution in [0.25, 0.3) is 0 Å². The highest BCUT2D eigenvalue weighted by Gasteiger charge is 2.28. The van der Waals surface area contributed by atoms with Gasteiger partial charge in [-0.05, 0) is 25.7 Å².